The van der Waals surface area contributed by atoms with E-state index in [1.165, 1.54) is 29.2 Å². The van der Waals surface area contributed by atoms with E-state index in [1.54, 1.807) is 25.3 Å². The molecule has 2 aromatic carbocycles. The minimum Gasteiger partial charge on any atom is -0.463 e. The molecule has 0 saturated heterocycles. The summed E-state index contributed by atoms with van der Waals surface area (Å²) in [4.78, 5) is 28.7. The van der Waals surface area contributed by atoms with Gasteiger partial charge in [0, 0.05) is 12.2 Å². The fourth-order valence-electron chi connectivity index (χ4n) is 4.32. The molecule has 0 fully saturated rings. The summed E-state index contributed by atoms with van der Waals surface area (Å²) in [5.41, 5.74) is 1.27. The van der Waals surface area contributed by atoms with Gasteiger partial charge in [0.15, 0.2) is 0 Å². The van der Waals surface area contributed by atoms with Crippen LogP contribution in [0.15, 0.2) is 89.5 Å². The molecule has 2 amide bonds. The average Bonchev–Trinajstić information content (AvgIpc) is 3.49. The van der Waals surface area contributed by atoms with E-state index in [0.29, 0.717) is 29.4 Å². The molecule has 1 aliphatic heterocycles. The molecule has 2 aromatic heterocycles. The van der Waals surface area contributed by atoms with Crippen LogP contribution in [0.1, 0.15) is 23.0 Å². The van der Waals surface area contributed by atoms with E-state index in [2.05, 4.69) is 5.32 Å². The van der Waals surface area contributed by atoms with E-state index in [1.807, 2.05) is 47.0 Å². The molecule has 4 aromatic rings. The van der Waals surface area contributed by atoms with E-state index < -0.39 is 11.4 Å². The highest BCUT2D eigenvalue weighted by Crippen LogP contribution is 2.36. The Balaban J connectivity index is 1.56. The minimum absolute atomic E-state index is 0.203. The monoisotopic (exact) mass is 443 g/mol. The number of nitrogens with zero attached hydrogens (tertiary/aromatic N) is 2. The Morgan fingerprint density at radius 1 is 1.00 bits per heavy atom. The summed E-state index contributed by atoms with van der Waals surface area (Å²) in [5.74, 6) is -0.463. The number of amides is 2. The van der Waals surface area contributed by atoms with Gasteiger partial charge in [-0.25, -0.2) is 4.39 Å². The second-order valence-corrected chi connectivity index (χ2v) is 8.23. The van der Waals surface area contributed by atoms with Gasteiger partial charge < -0.3 is 14.3 Å². The van der Waals surface area contributed by atoms with Crippen molar-refractivity contribution in [3.05, 3.63) is 102 Å². The number of hydrogen-bond acceptors (Lipinski definition) is 3. The zero-order chi connectivity index (χ0) is 23.0. The lowest BCUT2D eigenvalue weighted by atomic mass is 9.93. The topological polar surface area (TPSA) is 67.5 Å². The van der Waals surface area contributed by atoms with Crippen LogP contribution in [0.25, 0.3) is 11.5 Å². The number of fused-ring (bicyclic) bond motifs is 1. The summed E-state index contributed by atoms with van der Waals surface area (Å²) >= 11 is 0. The molecule has 1 N–H and O–H groups in total. The number of nitrogens with one attached hydrogen (secondary N) is 1. The van der Waals surface area contributed by atoms with Crippen molar-refractivity contribution < 1.29 is 18.4 Å². The van der Waals surface area contributed by atoms with Crippen LogP contribution in [0.5, 0.6) is 0 Å². The molecule has 5 rings (SSSR count). The van der Waals surface area contributed by atoms with Gasteiger partial charge >= 0.3 is 0 Å². The predicted molar refractivity (Wildman–Crippen MR) is 122 cm³/mol. The molecule has 33 heavy (non-hydrogen) atoms. The van der Waals surface area contributed by atoms with E-state index in [4.69, 9.17) is 4.42 Å². The highest BCUT2D eigenvalue weighted by atomic mass is 19.1. The number of hydrogen-bond donors (Lipinski definition) is 1. The van der Waals surface area contributed by atoms with Crippen molar-refractivity contribution in [3.63, 3.8) is 0 Å². The molecule has 3 heterocycles. The van der Waals surface area contributed by atoms with Crippen molar-refractivity contribution in [1.82, 2.24) is 9.88 Å². The fourth-order valence-corrected chi connectivity index (χ4v) is 4.32. The maximum absolute atomic E-state index is 13.7. The summed E-state index contributed by atoms with van der Waals surface area (Å²) < 4.78 is 21.0. The molecular weight excluding hydrogens is 421 g/mol. The lowest BCUT2D eigenvalue weighted by molar-refractivity contribution is -0.126. The van der Waals surface area contributed by atoms with Gasteiger partial charge in [0.25, 0.3) is 5.91 Å². The van der Waals surface area contributed by atoms with Gasteiger partial charge in [0.2, 0.25) is 5.91 Å². The number of carbonyl (C=O) groups is 2. The summed E-state index contributed by atoms with van der Waals surface area (Å²) in [5, 5.41) is 2.97. The van der Waals surface area contributed by atoms with Crippen LogP contribution in [-0.2, 0) is 17.9 Å². The van der Waals surface area contributed by atoms with Crippen LogP contribution in [0, 0.1) is 5.82 Å². The average molecular weight is 443 g/mol. The Kier molecular flexibility index (Phi) is 5.09. The minimum atomic E-state index is -1.27. The molecule has 0 spiro atoms. The number of anilines is 1. The second-order valence-electron chi connectivity index (χ2n) is 8.23. The highest BCUT2D eigenvalue weighted by Gasteiger charge is 2.48. The van der Waals surface area contributed by atoms with Crippen molar-refractivity contribution in [2.75, 3.05) is 4.90 Å². The van der Waals surface area contributed by atoms with Crippen LogP contribution in [0.4, 0.5) is 10.1 Å². The molecule has 0 radical (unpaired) electrons. The summed E-state index contributed by atoms with van der Waals surface area (Å²) in [7, 11) is 0. The lowest BCUT2D eigenvalue weighted by Crippen LogP contribution is -2.64. The first-order chi connectivity index (χ1) is 16.0. The Labute approximate surface area is 190 Å². The highest BCUT2D eigenvalue weighted by molar-refractivity contribution is 6.12. The molecule has 166 valence electrons. The maximum atomic E-state index is 13.7. The molecule has 0 saturated carbocycles. The van der Waals surface area contributed by atoms with E-state index in [9.17, 15) is 14.0 Å². The first kappa shape index (κ1) is 20.8. The fraction of sp³-hybridized carbons (Fsp3) is 0.154. The summed E-state index contributed by atoms with van der Waals surface area (Å²) in [6.07, 6.45) is 1.57. The molecule has 7 heteroatoms. The van der Waals surface area contributed by atoms with Crippen LogP contribution >= 0.6 is 0 Å². The zero-order valence-corrected chi connectivity index (χ0v) is 18.0. The number of rotatable bonds is 5. The third kappa shape index (κ3) is 3.61. The third-order valence-electron chi connectivity index (χ3n) is 6.01. The first-order valence-electron chi connectivity index (χ1n) is 10.6. The van der Waals surface area contributed by atoms with Crippen LogP contribution in [0.3, 0.4) is 0 Å². The largest absolute Gasteiger partial charge is 0.463 e. The van der Waals surface area contributed by atoms with Crippen LogP contribution < -0.4 is 10.2 Å². The molecule has 1 atom stereocenters. The smallest absolute Gasteiger partial charge is 0.275 e. The van der Waals surface area contributed by atoms with E-state index in [0.717, 1.165) is 5.56 Å². The van der Waals surface area contributed by atoms with Crippen molar-refractivity contribution in [2.24, 2.45) is 0 Å². The summed E-state index contributed by atoms with van der Waals surface area (Å²) in [6.45, 7) is 2.25. The van der Waals surface area contributed by atoms with E-state index >= 15 is 0 Å². The van der Waals surface area contributed by atoms with Gasteiger partial charge in [-0.05, 0) is 61.0 Å². The quantitative estimate of drug-likeness (QED) is 0.489. The molecule has 0 aliphatic carbocycles. The van der Waals surface area contributed by atoms with Gasteiger partial charge in [-0.1, -0.05) is 30.3 Å². The van der Waals surface area contributed by atoms with Gasteiger partial charge in [-0.15, -0.1) is 0 Å². The zero-order valence-electron chi connectivity index (χ0n) is 18.0. The van der Waals surface area contributed by atoms with Crippen molar-refractivity contribution in [3.8, 4) is 11.5 Å². The van der Waals surface area contributed by atoms with Crippen molar-refractivity contribution in [2.45, 2.75) is 25.6 Å². The van der Waals surface area contributed by atoms with Crippen molar-refractivity contribution >= 4 is 17.5 Å². The Hall–Kier alpha value is -4.13. The van der Waals surface area contributed by atoms with Gasteiger partial charge in [-0.3, -0.25) is 14.5 Å². The first-order valence-corrected chi connectivity index (χ1v) is 10.6. The van der Waals surface area contributed by atoms with Gasteiger partial charge in [-0.2, -0.15) is 0 Å². The molecular formula is C26H22FN3O3. The molecule has 0 unspecified atom stereocenters. The van der Waals surface area contributed by atoms with E-state index in [-0.39, 0.29) is 18.4 Å². The normalized spacial score (nSPS) is 17.6. The number of benzene rings is 2. The number of furan rings is 1. The van der Waals surface area contributed by atoms with Crippen LogP contribution in [0.2, 0.25) is 0 Å². The van der Waals surface area contributed by atoms with Gasteiger partial charge in [0.1, 0.15) is 22.8 Å². The Morgan fingerprint density at radius 3 is 2.42 bits per heavy atom. The Bertz CT molecular complexity index is 1300. The molecule has 1 aliphatic rings. The van der Waals surface area contributed by atoms with Gasteiger partial charge in [0.05, 0.1) is 18.5 Å². The third-order valence-corrected chi connectivity index (χ3v) is 6.01. The second kappa shape index (κ2) is 8.09. The number of carbonyl (C=O) groups excluding carboxylic acids is 2. The number of halogens is 1. The lowest BCUT2D eigenvalue weighted by Gasteiger charge is -2.44. The maximum Gasteiger partial charge on any atom is 0.275 e. The van der Waals surface area contributed by atoms with Crippen molar-refractivity contribution in [1.29, 1.82) is 0 Å². The van der Waals surface area contributed by atoms with Crippen LogP contribution in [-0.4, -0.2) is 21.9 Å². The standard InChI is InChI=1S/C26H22FN3O3/c1-26(25(32)28-16-18-6-3-2-4-7-18)17-29-21(23-8-5-15-33-23)13-14-22(29)24(31)30(26)20-11-9-19(27)10-12-20/h2-15H,16-17H2,1H3,(H,28,32)/t26-/m0/s1. The molecule has 0 bridgehead atoms. The SMILES string of the molecule is C[C@@]1(C(=O)NCc2ccccc2)Cn2c(ccc2-c2ccco2)C(=O)N1c1ccc(F)cc1. The predicted octanol–water partition coefficient (Wildman–Crippen LogP) is 4.62. The Morgan fingerprint density at radius 2 is 1.73 bits per heavy atom. The summed E-state index contributed by atoms with van der Waals surface area (Å²) in [6, 6.07) is 22.3. The molecule has 6 nitrogen and oxygen atoms in total. The number of aromatic nitrogens is 1.